The molecule has 1 aromatic heterocycles. The maximum absolute atomic E-state index is 13.2. The van der Waals surface area contributed by atoms with Crippen LogP contribution < -0.4 is 5.32 Å². The van der Waals surface area contributed by atoms with E-state index >= 15 is 0 Å². The van der Waals surface area contributed by atoms with Gasteiger partial charge in [-0.2, -0.15) is 0 Å². The van der Waals surface area contributed by atoms with Crippen molar-refractivity contribution in [2.75, 3.05) is 18.9 Å². The normalized spacial score (nSPS) is 14.7. The molecule has 0 radical (unpaired) electrons. The fraction of sp³-hybridized carbons (Fsp3) is 0.261. The fourth-order valence-corrected chi connectivity index (χ4v) is 3.95. The summed E-state index contributed by atoms with van der Waals surface area (Å²) in [6, 6.07) is 12.2. The zero-order valence-electron chi connectivity index (χ0n) is 17.1. The van der Waals surface area contributed by atoms with E-state index in [-0.39, 0.29) is 0 Å². The quantitative estimate of drug-likeness (QED) is 0.574. The Hall–Kier alpha value is -2.67. The Balaban J connectivity index is 1.60. The first-order valence-corrected chi connectivity index (χ1v) is 10.6. The van der Waals surface area contributed by atoms with Crippen LogP contribution in [0.4, 0.5) is 5.69 Å². The van der Waals surface area contributed by atoms with Crippen molar-refractivity contribution in [3.8, 4) is 0 Å². The van der Waals surface area contributed by atoms with Gasteiger partial charge in [-0.3, -0.25) is 9.78 Å². The van der Waals surface area contributed by atoms with Crippen LogP contribution >= 0.6 is 23.2 Å². The number of nitrogens with one attached hydrogen (secondary N) is 1. The molecule has 8 heteroatoms. The second-order valence-electron chi connectivity index (χ2n) is 7.58. The molecule has 1 amide bonds. The average Bonchev–Trinajstić information content (AvgIpc) is 2.74. The van der Waals surface area contributed by atoms with Gasteiger partial charge in [0.05, 0.1) is 21.1 Å². The Morgan fingerprint density at radius 1 is 1.16 bits per heavy atom. The number of anilines is 1. The molecule has 0 bridgehead atoms. The van der Waals surface area contributed by atoms with Gasteiger partial charge in [-0.1, -0.05) is 41.4 Å². The van der Waals surface area contributed by atoms with Gasteiger partial charge in [0, 0.05) is 41.8 Å². The van der Waals surface area contributed by atoms with Crippen molar-refractivity contribution in [1.82, 2.24) is 9.88 Å². The minimum Gasteiger partial charge on any atom is -0.449 e. The second-order valence-corrected chi connectivity index (χ2v) is 8.40. The Labute approximate surface area is 190 Å². The molecule has 2 heterocycles. The summed E-state index contributed by atoms with van der Waals surface area (Å²) in [5.41, 5.74) is 3.44. The van der Waals surface area contributed by atoms with Gasteiger partial charge in [0.1, 0.15) is 0 Å². The van der Waals surface area contributed by atoms with Crippen LogP contribution in [0.15, 0.2) is 42.5 Å². The molecule has 0 saturated heterocycles. The number of carbonyl (C=O) groups is 2. The number of fused-ring (bicyclic) bond motifs is 2. The summed E-state index contributed by atoms with van der Waals surface area (Å²) in [5, 5.41) is 4.12. The molecule has 1 unspecified atom stereocenters. The number of para-hydroxylation sites is 1. The maximum Gasteiger partial charge on any atom is 0.339 e. The minimum atomic E-state index is -1.01. The number of nitrogens with zero attached hydrogens (tertiary/aromatic N) is 2. The summed E-state index contributed by atoms with van der Waals surface area (Å²) < 4.78 is 5.58. The molecule has 31 heavy (non-hydrogen) atoms. The van der Waals surface area contributed by atoms with Crippen molar-refractivity contribution < 1.29 is 14.3 Å². The number of pyridine rings is 1. The fourth-order valence-electron chi connectivity index (χ4n) is 3.65. The number of amides is 1. The van der Waals surface area contributed by atoms with E-state index in [2.05, 4.69) is 10.2 Å². The van der Waals surface area contributed by atoms with Crippen molar-refractivity contribution in [3.63, 3.8) is 0 Å². The van der Waals surface area contributed by atoms with Gasteiger partial charge in [0.15, 0.2) is 6.10 Å². The minimum absolute atomic E-state index is 0.322. The average molecular weight is 458 g/mol. The zero-order valence-corrected chi connectivity index (χ0v) is 18.6. The van der Waals surface area contributed by atoms with Crippen LogP contribution in [-0.2, 0) is 22.5 Å². The van der Waals surface area contributed by atoms with Crippen molar-refractivity contribution in [2.45, 2.75) is 26.0 Å². The topological polar surface area (TPSA) is 71.5 Å². The molecule has 6 nitrogen and oxygen atoms in total. The van der Waals surface area contributed by atoms with Crippen LogP contribution in [-0.4, -0.2) is 41.5 Å². The van der Waals surface area contributed by atoms with Crippen molar-refractivity contribution in [1.29, 1.82) is 0 Å². The summed E-state index contributed by atoms with van der Waals surface area (Å²) in [7, 11) is 2.00. The van der Waals surface area contributed by atoms with E-state index in [0.29, 0.717) is 27.8 Å². The van der Waals surface area contributed by atoms with Crippen LogP contribution in [0.1, 0.15) is 28.5 Å². The number of ether oxygens (including phenoxy) is 1. The highest BCUT2D eigenvalue weighted by Crippen LogP contribution is 2.29. The number of carbonyl (C=O) groups excluding carboxylic acids is 2. The molecule has 0 aliphatic carbocycles. The van der Waals surface area contributed by atoms with E-state index in [1.165, 1.54) is 6.92 Å². The predicted octanol–water partition coefficient (Wildman–Crippen LogP) is 4.71. The molecule has 2 aromatic carbocycles. The van der Waals surface area contributed by atoms with Crippen molar-refractivity contribution >= 4 is 51.7 Å². The lowest BCUT2D eigenvalue weighted by molar-refractivity contribution is -0.123. The van der Waals surface area contributed by atoms with Crippen LogP contribution in [0.2, 0.25) is 10.0 Å². The lowest BCUT2D eigenvalue weighted by Gasteiger charge is -2.27. The highest BCUT2D eigenvalue weighted by Gasteiger charge is 2.27. The summed E-state index contributed by atoms with van der Waals surface area (Å²) in [6.07, 6.45) is -0.254. The molecule has 1 N–H and O–H groups in total. The molecule has 0 saturated carbocycles. The molecule has 1 aliphatic rings. The van der Waals surface area contributed by atoms with Crippen LogP contribution in [0.25, 0.3) is 10.9 Å². The number of likely N-dealkylation sites (N-methyl/N-ethyl adjacent to an activating group) is 1. The summed E-state index contributed by atoms with van der Waals surface area (Å²) in [5.74, 6) is -1.00. The first kappa shape index (κ1) is 21.6. The molecular formula is C23H21Cl2N3O3. The van der Waals surface area contributed by atoms with E-state index in [9.17, 15) is 9.59 Å². The van der Waals surface area contributed by atoms with E-state index in [0.717, 1.165) is 35.1 Å². The standard InChI is InChI=1S/C23H21Cl2N3O3/c1-13(22(29)26-14-7-8-17(24)18(25)11-14)31-23(30)21-15-5-3-4-6-19(15)27-20-9-10-28(2)12-16(20)21/h3-8,11,13H,9-10,12H2,1-2H3,(H,26,29). The zero-order chi connectivity index (χ0) is 22.1. The third kappa shape index (κ3) is 4.51. The molecule has 4 rings (SSSR count). The van der Waals surface area contributed by atoms with E-state index in [1.807, 2.05) is 31.3 Å². The Bertz CT molecular complexity index is 1180. The lowest BCUT2D eigenvalue weighted by Crippen LogP contribution is -2.32. The van der Waals surface area contributed by atoms with Gasteiger partial charge < -0.3 is 15.0 Å². The van der Waals surface area contributed by atoms with E-state index in [1.54, 1.807) is 18.2 Å². The molecule has 0 fully saturated rings. The highest BCUT2D eigenvalue weighted by molar-refractivity contribution is 6.42. The monoisotopic (exact) mass is 457 g/mol. The Morgan fingerprint density at radius 2 is 1.94 bits per heavy atom. The molecule has 3 aromatic rings. The van der Waals surface area contributed by atoms with Gasteiger partial charge in [0.25, 0.3) is 5.91 Å². The highest BCUT2D eigenvalue weighted by atomic mass is 35.5. The lowest BCUT2D eigenvalue weighted by atomic mass is 9.96. The molecule has 1 aliphatic heterocycles. The number of halogens is 2. The van der Waals surface area contributed by atoms with E-state index in [4.69, 9.17) is 32.9 Å². The third-order valence-electron chi connectivity index (χ3n) is 5.28. The van der Waals surface area contributed by atoms with Gasteiger partial charge in [0.2, 0.25) is 0 Å². The van der Waals surface area contributed by atoms with Crippen molar-refractivity contribution in [3.05, 3.63) is 69.3 Å². The summed E-state index contributed by atoms with van der Waals surface area (Å²) in [6.45, 7) is 3.00. The van der Waals surface area contributed by atoms with Gasteiger partial charge in [-0.05, 0) is 38.2 Å². The Kier molecular flexibility index (Phi) is 6.14. The molecule has 1 atom stereocenters. The number of benzene rings is 2. The van der Waals surface area contributed by atoms with Gasteiger partial charge in [-0.25, -0.2) is 4.79 Å². The first-order chi connectivity index (χ1) is 14.8. The number of esters is 1. The Morgan fingerprint density at radius 3 is 2.71 bits per heavy atom. The van der Waals surface area contributed by atoms with E-state index < -0.39 is 18.0 Å². The van der Waals surface area contributed by atoms with Crippen LogP contribution in [0.3, 0.4) is 0 Å². The smallest absolute Gasteiger partial charge is 0.339 e. The van der Waals surface area contributed by atoms with Crippen molar-refractivity contribution in [2.24, 2.45) is 0 Å². The SMILES string of the molecule is CC(OC(=O)c1c2c(nc3ccccc13)CCN(C)C2)C(=O)Nc1ccc(Cl)c(Cl)c1. The number of hydrogen-bond donors (Lipinski definition) is 1. The molecular weight excluding hydrogens is 437 g/mol. The summed E-state index contributed by atoms with van der Waals surface area (Å²) >= 11 is 11.9. The van der Waals surface area contributed by atoms with Crippen LogP contribution in [0, 0.1) is 0 Å². The number of hydrogen-bond acceptors (Lipinski definition) is 5. The number of rotatable bonds is 4. The largest absolute Gasteiger partial charge is 0.449 e. The summed E-state index contributed by atoms with van der Waals surface area (Å²) in [4.78, 5) is 32.7. The second kappa shape index (κ2) is 8.83. The van der Waals surface area contributed by atoms with Gasteiger partial charge >= 0.3 is 5.97 Å². The number of aromatic nitrogens is 1. The molecule has 160 valence electrons. The van der Waals surface area contributed by atoms with Gasteiger partial charge in [-0.15, -0.1) is 0 Å². The van der Waals surface area contributed by atoms with Crippen LogP contribution in [0.5, 0.6) is 0 Å². The maximum atomic E-state index is 13.2. The third-order valence-corrected chi connectivity index (χ3v) is 6.02. The molecule has 0 spiro atoms. The first-order valence-electron chi connectivity index (χ1n) is 9.89. The predicted molar refractivity (Wildman–Crippen MR) is 122 cm³/mol.